The molecule has 5 nitrogen and oxygen atoms in total. The van der Waals surface area contributed by atoms with E-state index in [-0.39, 0.29) is 34.9 Å². The second kappa shape index (κ2) is 9.78. The highest BCUT2D eigenvalue weighted by molar-refractivity contribution is 7.99. The van der Waals surface area contributed by atoms with Crippen LogP contribution in [0.4, 0.5) is 4.39 Å². The molecule has 0 aromatic heterocycles. The molecule has 2 aliphatic heterocycles. The Labute approximate surface area is 168 Å². The molecule has 0 radical (unpaired) electrons. The van der Waals surface area contributed by atoms with Crippen molar-refractivity contribution in [3.8, 4) is 0 Å². The number of benzene rings is 1. The third-order valence-corrected chi connectivity index (χ3v) is 5.96. The number of piperazine rings is 1. The molecule has 1 atom stereocenters. The Morgan fingerprint density at radius 2 is 1.92 bits per heavy atom. The molecule has 0 spiro atoms. The summed E-state index contributed by atoms with van der Waals surface area (Å²) < 4.78 is 13.9. The normalized spacial score (nSPS) is 20.5. The van der Waals surface area contributed by atoms with Gasteiger partial charge in [-0.15, -0.1) is 12.4 Å². The van der Waals surface area contributed by atoms with Crippen molar-refractivity contribution in [2.24, 2.45) is 0 Å². The van der Waals surface area contributed by atoms with Gasteiger partial charge >= 0.3 is 0 Å². The highest BCUT2D eigenvalue weighted by atomic mass is 35.5. The Kier molecular flexibility index (Phi) is 8.01. The monoisotopic (exact) mass is 421 g/mol. The summed E-state index contributed by atoms with van der Waals surface area (Å²) in [7, 11) is 0. The van der Waals surface area contributed by atoms with E-state index in [1.54, 1.807) is 9.80 Å². The van der Waals surface area contributed by atoms with Crippen LogP contribution in [-0.2, 0) is 4.79 Å². The van der Waals surface area contributed by atoms with Crippen LogP contribution in [0.15, 0.2) is 18.2 Å². The van der Waals surface area contributed by atoms with E-state index in [1.165, 1.54) is 18.2 Å². The summed E-state index contributed by atoms with van der Waals surface area (Å²) in [6.07, 6.45) is 0.486. The Morgan fingerprint density at radius 3 is 2.54 bits per heavy atom. The average Bonchev–Trinajstić information content (AvgIpc) is 2.62. The lowest BCUT2D eigenvalue weighted by molar-refractivity contribution is -0.133. The van der Waals surface area contributed by atoms with Crippen molar-refractivity contribution in [2.45, 2.75) is 12.5 Å². The first-order chi connectivity index (χ1) is 12.1. The van der Waals surface area contributed by atoms with Gasteiger partial charge in [0, 0.05) is 56.7 Å². The molecule has 3 rings (SSSR count). The number of carbonyl (C=O) groups excluding carboxylic acids is 2. The number of halogens is 3. The molecule has 2 saturated heterocycles. The molecule has 1 aromatic rings. The molecule has 144 valence electrons. The third-order valence-electron chi connectivity index (χ3n) is 4.52. The van der Waals surface area contributed by atoms with Gasteiger partial charge in [-0.1, -0.05) is 17.7 Å². The van der Waals surface area contributed by atoms with Crippen molar-refractivity contribution in [2.75, 3.05) is 44.2 Å². The summed E-state index contributed by atoms with van der Waals surface area (Å²) >= 11 is 7.83. The molecule has 0 bridgehead atoms. The molecule has 0 saturated carbocycles. The highest BCUT2D eigenvalue weighted by Crippen LogP contribution is 2.21. The van der Waals surface area contributed by atoms with E-state index in [0.717, 1.165) is 18.1 Å². The van der Waals surface area contributed by atoms with Gasteiger partial charge in [0.15, 0.2) is 0 Å². The van der Waals surface area contributed by atoms with Crippen molar-refractivity contribution in [1.82, 2.24) is 15.1 Å². The number of hydrogen-bond donors (Lipinski definition) is 1. The van der Waals surface area contributed by atoms with E-state index in [4.69, 9.17) is 11.6 Å². The standard InChI is InChI=1S/C17H21ClFN3O2S.ClH/c18-13-2-1-3-14(19)16(13)17(24)22-7-5-21(6-8-22)15(23)10-12-11-25-9-4-20-12;/h1-3,12,20H,4-11H2;1H. The number of nitrogens with zero attached hydrogens (tertiary/aromatic N) is 2. The number of thioether (sulfide) groups is 1. The van der Waals surface area contributed by atoms with Gasteiger partial charge in [-0.25, -0.2) is 4.39 Å². The molecule has 2 fully saturated rings. The number of rotatable bonds is 3. The summed E-state index contributed by atoms with van der Waals surface area (Å²) in [5, 5.41) is 3.48. The summed E-state index contributed by atoms with van der Waals surface area (Å²) in [5.41, 5.74) is -0.0904. The van der Waals surface area contributed by atoms with E-state index >= 15 is 0 Å². The second-order valence-corrected chi connectivity index (χ2v) is 7.76. The molecule has 2 aliphatic rings. The lowest BCUT2D eigenvalue weighted by Crippen LogP contribution is -2.52. The predicted octanol–water partition coefficient (Wildman–Crippen LogP) is 2.28. The van der Waals surface area contributed by atoms with Gasteiger partial charge in [0.05, 0.1) is 10.6 Å². The van der Waals surface area contributed by atoms with E-state index in [1.807, 2.05) is 11.8 Å². The van der Waals surface area contributed by atoms with Crippen LogP contribution in [-0.4, -0.2) is 71.9 Å². The van der Waals surface area contributed by atoms with Crippen LogP contribution < -0.4 is 5.32 Å². The van der Waals surface area contributed by atoms with Crippen molar-refractivity contribution in [1.29, 1.82) is 0 Å². The van der Waals surface area contributed by atoms with Gasteiger partial charge < -0.3 is 15.1 Å². The van der Waals surface area contributed by atoms with Crippen molar-refractivity contribution >= 4 is 47.6 Å². The van der Waals surface area contributed by atoms with Crippen molar-refractivity contribution in [3.63, 3.8) is 0 Å². The lowest BCUT2D eigenvalue weighted by Gasteiger charge is -2.36. The zero-order valence-electron chi connectivity index (χ0n) is 14.2. The molecular formula is C17H22Cl2FN3O2S. The summed E-state index contributed by atoms with van der Waals surface area (Å²) in [4.78, 5) is 28.3. The molecule has 9 heteroatoms. The van der Waals surface area contributed by atoms with Gasteiger partial charge in [-0.05, 0) is 12.1 Å². The Hall–Kier alpha value is -1.02. The second-order valence-electron chi connectivity index (χ2n) is 6.20. The van der Waals surface area contributed by atoms with Crippen LogP contribution in [0.5, 0.6) is 0 Å². The van der Waals surface area contributed by atoms with Crippen LogP contribution in [0.2, 0.25) is 5.02 Å². The van der Waals surface area contributed by atoms with Crippen LogP contribution >= 0.6 is 35.8 Å². The summed E-state index contributed by atoms with van der Waals surface area (Å²) in [6, 6.07) is 4.44. The van der Waals surface area contributed by atoms with Crippen molar-refractivity contribution in [3.05, 3.63) is 34.6 Å². The first kappa shape index (κ1) is 21.3. The lowest BCUT2D eigenvalue weighted by atomic mass is 10.1. The van der Waals surface area contributed by atoms with Gasteiger partial charge in [0.2, 0.25) is 5.91 Å². The average molecular weight is 422 g/mol. The fourth-order valence-electron chi connectivity index (χ4n) is 3.11. The van der Waals surface area contributed by atoms with E-state index in [9.17, 15) is 14.0 Å². The molecule has 2 heterocycles. The third kappa shape index (κ3) is 5.03. The predicted molar refractivity (Wildman–Crippen MR) is 105 cm³/mol. The first-order valence-electron chi connectivity index (χ1n) is 8.38. The maximum atomic E-state index is 13.9. The minimum atomic E-state index is -0.614. The van der Waals surface area contributed by atoms with E-state index < -0.39 is 11.7 Å². The number of amides is 2. The van der Waals surface area contributed by atoms with Crippen LogP contribution in [0.1, 0.15) is 16.8 Å². The molecule has 0 aliphatic carbocycles. The van der Waals surface area contributed by atoms with E-state index in [2.05, 4.69) is 5.32 Å². The SMILES string of the molecule is Cl.O=C(CC1CSCCN1)N1CCN(C(=O)c2c(F)cccc2Cl)CC1. The quantitative estimate of drug-likeness (QED) is 0.812. The van der Waals surface area contributed by atoms with Crippen molar-refractivity contribution < 1.29 is 14.0 Å². The number of nitrogens with one attached hydrogen (secondary N) is 1. The van der Waals surface area contributed by atoms with Gasteiger partial charge in [-0.3, -0.25) is 9.59 Å². The van der Waals surface area contributed by atoms with Crippen LogP contribution in [0.3, 0.4) is 0 Å². The molecule has 26 heavy (non-hydrogen) atoms. The summed E-state index contributed by atoms with van der Waals surface area (Å²) in [6.45, 7) is 2.66. The molecule has 1 aromatic carbocycles. The fourth-order valence-corrected chi connectivity index (χ4v) is 4.30. The van der Waals surface area contributed by atoms with Gasteiger partial charge in [0.1, 0.15) is 5.82 Å². The largest absolute Gasteiger partial charge is 0.339 e. The van der Waals surface area contributed by atoms with Crippen LogP contribution in [0, 0.1) is 5.82 Å². The zero-order valence-corrected chi connectivity index (χ0v) is 16.6. The van der Waals surface area contributed by atoms with Gasteiger partial charge in [-0.2, -0.15) is 11.8 Å². The number of hydrogen-bond acceptors (Lipinski definition) is 4. The van der Waals surface area contributed by atoms with E-state index in [0.29, 0.717) is 32.6 Å². The number of carbonyl (C=O) groups is 2. The molecule has 1 N–H and O–H groups in total. The maximum absolute atomic E-state index is 13.9. The highest BCUT2D eigenvalue weighted by Gasteiger charge is 2.28. The smallest absolute Gasteiger partial charge is 0.258 e. The Bertz CT molecular complexity index is 631. The van der Waals surface area contributed by atoms with Gasteiger partial charge in [0.25, 0.3) is 5.91 Å². The molecule has 1 unspecified atom stereocenters. The zero-order chi connectivity index (χ0) is 17.8. The minimum absolute atomic E-state index is 0. The fraction of sp³-hybridized carbons (Fsp3) is 0.529. The van der Waals surface area contributed by atoms with Crippen LogP contribution in [0.25, 0.3) is 0 Å². The molecular weight excluding hydrogens is 400 g/mol. The topological polar surface area (TPSA) is 52.7 Å². The summed E-state index contributed by atoms with van der Waals surface area (Å²) in [5.74, 6) is 1.12. The first-order valence-corrected chi connectivity index (χ1v) is 9.91. The molecule has 2 amide bonds. The Morgan fingerprint density at radius 1 is 1.23 bits per heavy atom. The minimum Gasteiger partial charge on any atom is -0.339 e. The Balaban J connectivity index is 0.00000243. The maximum Gasteiger partial charge on any atom is 0.258 e.